The Labute approximate surface area is 142 Å². The summed E-state index contributed by atoms with van der Waals surface area (Å²) in [6.07, 6.45) is 0. The quantitative estimate of drug-likeness (QED) is 0.710. The summed E-state index contributed by atoms with van der Waals surface area (Å²) in [4.78, 5) is 0.0874. The molecule has 10 heteroatoms. The Morgan fingerprint density at radius 3 is 2.33 bits per heavy atom. The zero-order valence-electron chi connectivity index (χ0n) is 13.8. The number of rotatable bonds is 7. The Kier molecular flexibility index (Phi) is 5.87. The molecule has 1 aromatic rings. The van der Waals surface area contributed by atoms with E-state index < -0.39 is 32.0 Å². The third kappa shape index (κ3) is 4.45. The normalized spacial score (nSPS) is 22.0. The predicted molar refractivity (Wildman–Crippen MR) is 88.9 cm³/mol. The summed E-state index contributed by atoms with van der Waals surface area (Å²) in [5, 5.41) is 0. The van der Waals surface area contributed by atoms with Crippen LogP contribution in [0.15, 0.2) is 29.2 Å². The molecule has 1 aromatic carbocycles. The number of nitrogens with zero attached hydrogens (tertiary/aromatic N) is 1. The second-order valence-electron chi connectivity index (χ2n) is 5.76. The molecule has 0 aromatic heterocycles. The van der Waals surface area contributed by atoms with Crippen LogP contribution in [-0.4, -0.2) is 67.4 Å². The van der Waals surface area contributed by atoms with Crippen LogP contribution in [0.3, 0.4) is 0 Å². The second-order valence-corrected chi connectivity index (χ2v) is 9.70. The summed E-state index contributed by atoms with van der Waals surface area (Å²) >= 11 is 0. The van der Waals surface area contributed by atoms with Gasteiger partial charge in [0.2, 0.25) is 20.0 Å². The van der Waals surface area contributed by atoms with Gasteiger partial charge in [0, 0.05) is 20.0 Å². The number of methoxy groups -OCH3 is 1. The van der Waals surface area contributed by atoms with E-state index in [1.165, 1.54) is 33.3 Å². The smallest absolute Gasteiger partial charge is 0.240 e. The van der Waals surface area contributed by atoms with Crippen LogP contribution in [0.25, 0.3) is 0 Å². The van der Waals surface area contributed by atoms with Gasteiger partial charge in [0.05, 0.1) is 37.0 Å². The summed E-state index contributed by atoms with van der Waals surface area (Å²) in [6.45, 7) is 0.339. The van der Waals surface area contributed by atoms with Crippen LogP contribution in [0.1, 0.15) is 0 Å². The molecule has 2 atom stereocenters. The molecule has 1 N–H and O–H groups in total. The van der Waals surface area contributed by atoms with Crippen LogP contribution in [0.2, 0.25) is 0 Å². The van der Waals surface area contributed by atoms with Gasteiger partial charge in [0.1, 0.15) is 5.75 Å². The number of ether oxygens (including phenoxy) is 2. The Balaban J connectivity index is 2.12. The van der Waals surface area contributed by atoms with Gasteiger partial charge >= 0.3 is 0 Å². The number of hydrogen-bond donors (Lipinski definition) is 1. The van der Waals surface area contributed by atoms with Gasteiger partial charge in [0.15, 0.2) is 0 Å². The van der Waals surface area contributed by atoms with Crippen molar-refractivity contribution in [2.75, 3.05) is 40.2 Å². The molecular weight excluding hydrogens is 356 g/mol. The van der Waals surface area contributed by atoms with E-state index in [2.05, 4.69) is 4.72 Å². The Bertz CT molecular complexity index is 759. The third-order valence-corrected chi connectivity index (χ3v) is 7.32. The van der Waals surface area contributed by atoms with Gasteiger partial charge in [-0.1, -0.05) is 0 Å². The van der Waals surface area contributed by atoms with Gasteiger partial charge in [-0.2, -0.15) is 0 Å². The minimum absolute atomic E-state index is 0.0874. The van der Waals surface area contributed by atoms with Crippen LogP contribution in [0, 0.1) is 5.92 Å². The van der Waals surface area contributed by atoms with E-state index >= 15 is 0 Å². The summed E-state index contributed by atoms with van der Waals surface area (Å²) in [5.74, 6) is -0.0611. The van der Waals surface area contributed by atoms with Crippen molar-refractivity contribution in [1.29, 1.82) is 0 Å². The first-order chi connectivity index (χ1) is 11.2. The van der Waals surface area contributed by atoms with Crippen molar-refractivity contribution in [3.05, 3.63) is 24.3 Å². The van der Waals surface area contributed by atoms with Crippen molar-refractivity contribution >= 4 is 20.0 Å². The zero-order valence-corrected chi connectivity index (χ0v) is 15.4. The van der Waals surface area contributed by atoms with Gasteiger partial charge in [-0.3, -0.25) is 0 Å². The van der Waals surface area contributed by atoms with Gasteiger partial charge in [0.25, 0.3) is 0 Å². The maximum Gasteiger partial charge on any atom is 0.240 e. The highest BCUT2D eigenvalue weighted by molar-refractivity contribution is 7.89. The van der Waals surface area contributed by atoms with Gasteiger partial charge < -0.3 is 9.47 Å². The van der Waals surface area contributed by atoms with Crippen LogP contribution >= 0.6 is 0 Å². The zero-order chi connectivity index (χ0) is 18.0. The largest absolute Gasteiger partial charge is 0.497 e. The van der Waals surface area contributed by atoms with Crippen molar-refractivity contribution in [1.82, 2.24) is 9.03 Å². The lowest BCUT2D eigenvalue weighted by molar-refractivity contribution is 0.185. The lowest BCUT2D eigenvalue weighted by Crippen LogP contribution is -2.43. The molecule has 8 nitrogen and oxygen atoms in total. The fraction of sp³-hybridized carbons (Fsp3) is 0.571. The Morgan fingerprint density at radius 2 is 1.79 bits per heavy atom. The predicted octanol–water partition coefficient (Wildman–Crippen LogP) is -0.120. The van der Waals surface area contributed by atoms with Crippen molar-refractivity contribution in [3.8, 4) is 5.75 Å². The first-order valence-electron chi connectivity index (χ1n) is 7.30. The molecule has 1 aliphatic rings. The van der Waals surface area contributed by atoms with Crippen LogP contribution in [-0.2, 0) is 24.8 Å². The van der Waals surface area contributed by atoms with E-state index in [9.17, 15) is 16.8 Å². The standard InChI is InChI=1S/C14H22N2O6S2/c1-16(2)23(17,18)10-11-8-22-9-14(11)15-24(19,20)13-6-4-12(21-3)5-7-13/h4-7,11,14-15H,8-10H2,1-3H3/t11-,14+/m0/s1. The lowest BCUT2D eigenvalue weighted by atomic mass is 10.1. The van der Waals surface area contributed by atoms with Crippen molar-refractivity contribution in [2.45, 2.75) is 10.9 Å². The minimum Gasteiger partial charge on any atom is -0.497 e. The maximum atomic E-state index is 12.5. The average Bonchev–Trinajstić information content (AvgIpc) is 2.92. The summed E-state index contributed by atoms with van der Waals surface area (Å²) in [5.41, 5.74) is 0. The molecule has 1 saturated heterocycles. The molecule has 2 rings (SSSR count). The van der Waals surface area contributed by atoms with Crippen molar-refractivity contribution in [2.24, 2.45) is 5.92 Å². The van der Waals surface area contributed by atoms with Gasteiger partial charge in [-0.25, -0.2) is 25.9 Å². The summed E-state index contributed by atoms with van der Waals surface area (Å²) in [6, 6.07) is 5.37. The third-order valence-electron chi connectivity index (χ3n) is 3.86. The summed E-state index contributed by atoms with van der Waals surface area (Å²) < 4.78 is 62.9. The fourth-order valence-electron chi connectivity index (χ4n) is 2.33. The van der Waals surface area contributed by atoms with E-state index in [-0.39, 0.29) is 23.9 Å². The highest BCUT2D eigenvalue weighted by atomic mass is 32.2. The Hall–Kier alpha value is -1.20. The molecule has 0 bridgehead atoms. The van der Waals surface area contributed by atoms with E-state index in [4.69, 9.17) is 9.47 Å². The maximum absolute atomic E-state index is 12.5. The van der Waals surface area contributed by atoms with E-state index in [1.54, 1.807) is 12.1 Å². The molecule has 136 valence electrons. The monoisotopic (exact) mass is 378 g/mol. The molecular formula is C14H22N2O6S2. The second kappa shape index (κ2) is 7.36. The minimum atomic E-state index is -3.77. The van der Waals surface area contributed by atoms with Crippen molar-refractivity contribution < 1.29 is 26.3 Å². The average molecular weight is 378 g/mol. The molecule has 0 unspecified atom stereocenters. The number of nitrogens with one attached hydrogen (secondary N) is 1. The highest BCUT2D eigenvalue weighted by Gasteiger charge is 2.35. The topological polar surface area (TPSA) is 102 Å². The van der Waals surface area contributed by atoms with Crippen LogP contribution < -0.4 is 9.46 Å². The van der Waals surface area contributed by atoms with E-state index in [0.29, 0.717) is 5.75 Å². The van der Waals surface area contributed by atoms with E-state index in [1.807, 2.05) is 0 Å². The molecule has 0 spiro atoms. The first-order valence-corrected chi connectivity index (χ1v) is 10.4. The first kappa shape index (κ1) is 19.1. The lowest BCUT2D eigenvalue weighted by Gasteiger charge is -2.21. The molecule has 24 heavy (non-hydrogen) atoms. The van der Waals surface area contributed by atoms with Crippen molar-refractivity contribution in [3.63, 3.8) is 0 Å². The number of hydrogen-bond acceptors (Lipinski definition) is 6. The fourth-order valence-corrected chi connectivity index (χ4v) is 4.79. The molecule has 1 aliphatic heterocycles. The molecule has 0 amide bonds. The molecule has 0 saturated carbocycles. The van der Waals surface area contributed by atoms with Gasteiger partial charge in [-0.15, -0.1) is 0 Å². The van der Waals surface area contributed by atoms with Crippen LogP contribution in [0.4, 0.5) is 0 Å². The SMILES string of the molecule is COc1ccc(S(=O)(=O)N[C@@H]2COC[C@H]2CS(=O)(=O)N(C)C)cc1. The molecule has 1 fully saturated rings. The number of benzene rings is 1. The molecule has 0 radical (unpaired) electrons. The molecule has 1 heterocycles. The van der Waals surface area contributed by atoms with Gasteiger partial charge in [-0.05, 0) is 24.3 Å². The molecule has 0 aliphatic carbocycles. The highest BCUT2D eigenvalue weighted by Crippen LogP contribution is 2.21. The summed E-state index contributed by atoms with van der Waals surface area (Å²) in [7, 11) is -2.83. The number of sulfonamides is 2. The van der Waals surface area contributed by atoms with Crippen LogP contribution in [0.5, 0.6) is 5.75 Å². The Morgan fingerprint density at radius 1 is 1.17 bits per heavy atom. The van der Waals surface area contributed by atoms with E-state index in [0.717, 1.165) is 4.31 Å².